The lowest BCUT2D eigenvalue weighted by molar-refractivity contribution is 0.375. The minimum absolute atomic E-state index is 0.200. The summed E-state index contributed by atoms with van der Waals surface area (Å²) < 4.78 is 11.8. The molecule has 0 bridgehead atoms. The number of hydrogen-bond acceptors (Lipinski definition) is 3. The van der Waals surface area contributed by atoms with Crippen molar-refractivity contribution in [3.63, 3.8) is 0 Å². The van der Waals surface area contributed by atoms with Gasteiger partial charge in [-0.2, -0.15) is 0 Å². The topological polar surface area (TPSA) is 38.6 Å². The highest BCUT2D eigenvalue weighted by Crippen LogP contribution is 2.49. The van der Waals surface area contributed by atoms with E-state index in [1.807, 2.05) is 0 Å². The van der Waals surface area contributed by atoms with Gasteiger partial charge in [0, 0.05) is 56.4 Å². The van der Waals surface area contributed by atoms with Crippen molar-refractivity contribution in [2.75, 3.05) is 7.05 Å². The van der Waals surface area contributed by atoms with Crippen LogP contribution in [0.4, 0.5) is 0 Å². The SMILES string of the molecule is CC1CC=Cc2c1c1c3oc4ccccc4c3cc(-c3ccc(-c4ccc5c6ccccc6n(-c6ccccc6)c5c4)cc3)c1n2C1=NC(c2ccccc2)=C2C=CCCC2N1C. The van der Waals surface area contributed by atoms with Crippen molar-refractivity contribution in [3.8, 4) is 27.9 Å². The van der Waals surface area contributed by atoms with Crippen LogP contribution >= 0.6 is 0 Å². The van der Waals surface area contributed by atoms with Gasteiger partial charge in [0.05, 0.1) is 34.0 Å². The van der Waals surface area contributed by atoms with Crippen LogP contribution in [-0.2, 0) is 0 Å². The Morgan fingerprint density at radius 1 is 0.603 bits per heavy atom. The molecule has 5 nitrogen and oxygen atoms in total. The number of rotatable bonds is 4. The number of para-hydroxylation sites is 3. The molecule has 302 valence electrons. The number of furan rings is 1. The predicted octanol–water partition coefficient (Wildman–Crippen LogP) is 14.8. The van der Waals surface area contributed by atoms with Crippen molar-refractivity contribution < 1.29 is 4.42 Å². The summed E-state index contributed by atoms with van der Waals surface area (Å²) in [4.78, 5) is 8.12. The van der Waals surface area contributed by atoms with Gasteiger partial charge in [0.1, 0.15) is 11.2 Å². The van der Waals surface area contributed by atoms with Crippen molar-refractivity contribution >= 4 is 72.4 Å². The molecule has 0 N–H and O–H groups in total. The Balaban J connectivity index is 1.05. The van der Waals surface area contributed by atoms with Crippen LogP contribution in [-0.4, -0.2) is 33.1 Å². The summed E-state index contributed by atoms with van der Waals surface area (Å²) in [6.45, 7) is 2.36. The molecule has 4 heterocycles. The third-order valence-electron chi connectivity index (χ3n) is 13.9. The Bertz CT molecular complexity index is 3610. The van der Waals surface area contributed by atoms with E-state index in [0.29, 0.717) is 0 Å². The van der Waals surface area contributed by atoms with E-state index in [1.54, 1.807) is 0 Å². The van der Waals surface area contributed by atoms with Crippen LogP contribution < -0.4 is 0 Å². The largest absolute Gasteiger partial charge is 0.455 e. The Labute approximate surface area is 365 Å². The average Bonchev–Trinajstić information content (AvgIpc) is 4.00. The highest BCUT2D eigenvalue weighted by molar-refractivity contribution is 6.22. The van der Waals surface area contributed by atoms with E-state index in [9.17, 15) is 0 Å². The Morgan fingerprint density at radius 2 is 1.32 bits per heavy atom. The second-order valence-electron chi connectivity index (χ2n) is 17.5. The number of likely N-dealkylation sites (N-methyl/N-ethyl adjacent to an activating group) is 1. The van der Waals surface area contributed by atoms with Crippen molar-refractivity contribution in [3.05, 3.63) is 198 Å². The van der Waals surface area contributed by atoms with Gasteiger partial charge in [-0.3, -0.25) is 4.57 Å². The van der Waals surface area contributed by atoms with Crippen LogP contribution in [0.15, 0.2) is 191 Å². The first-order valence-corrected chi connectivity index (χ1v) is 22.3. The number of hydrogen-bond donors (Lipinski definition) is 0. The van der Waals surface area contributed by atoms with E-state index in [-0.39, 0.29) is 12.0 Å². The fourth-order valence-electron chi connectivity index (χ4n) is 10.9. The van der Waals surface area contributed by atoms with Crippen molar-refractivity contribution in [1.29, 1.82) is 0 Å². The lowest BCUT2D eigenvalue weighted by Gasteiger charge is -2.38. The maximum absolute atomic E-state index is 6.94. The number of aromatic nitrogens is 2. The van der Waals surface area contributed by atoms with Crippen LogP contribution in [0.1, 0.15) is 48.9 Å². The van der Waals surface area contributed by atoms with E-state index in [2.05, 4.69) is 210 Å². The van der Waals surface area contributed by atoms with Crippen LogP contribution in [0.25, 0.3) is 94.4 Å². The summed E-state index contributed by atoms with van der Waals surface area (Å²) in [6, 6.07) is 57.4. The standard InChI is InChI=1S/C58H44N4O/c1-36-16-15-26-50-53(36)54-56(62(50)58-59-55(39-17-5-3-6-18-39)45-23-10-12-24-48(45)60(58)2)46(35-47-44-22-11-14-27-52(44)63-57(47)54)38-30-28-37(29-31-38)40-32-33-43-42-21-9-13-25-49(42)61(51(43)34-40)41-19-7-4-8-20-41/h3-11,13-15,17-23,25-36,48H,12,16,24H2,1-2H3. The normalized spacial score (nSPS) is 17.4. The highest BCUT2D eigenvalue weighted by atomic mass is 16.3. The predicted molar refractivity (Wildman–Crippen MR) is 263 cm³/mol. The summed E-state index contributed by atoms with van der Waals surface area (Å²) in [7, 11) is 2.24. The van der Waals surface area contributed by atoms with Crippen LogP contribution in [0.5, 0.6) is 0 Å². The van der Waals surface area contributed by atoms with E-state index >= 15 is 0 Å². The maximum atomic E-state index is 6.94. The monoisotopic (exact) mass is 812 g/mol. The van der Waals surface area contributed by atoms with Gasteiger partial charge in [0.2, 0.25) is 5.96 Å². The summed E-state index contributed by atoms with van der Waals surface area (Å²) in [5, 5.41) is 5.97. The Kier molecular flexibility index (Phi) is 7.98. The second kappa shape index (κ2) is 13.9. The van der Waals surface area contributed by atoms with E-state index in [1.165, 1.54) is 60.7 Å². The molecule has 2 aliphatic carbocycles. The minimum atomic E-state index is 0.200. The molecule has 0 fully saturated rings. The molecular formula is C58H44N4O. The first-order chi connectivity index (χ1) is 31.1. The van der Waals surface area contributed by atoms with Gasteiger partial charge in [-0.15, -0.1) is 0 Å². The molecule has 13 rings (SSSR count). The van der Waals surface area contributed by atoms with Gasteiger partial charge in [0.15, 0.2) is 0 Å². The van der Waals surface area contributed by atoms with Gasteiger partial charge >= 0.3 is 0 Å². The molecule has 2 unspecified atom stereocenters. The van der Waals surface area contributed by atoms with Crippen LogP contribution in [0, 0.1) is 0 Å². The van der Waals surface area contributed by atoms with Gasteiger partial charge in [-0.25, -0.2) is 4.99 Å². The minimum Gasteiger partial charge on any atom is -0.455 e. The molecule has 63 heavy (non-hydrogen) atoms. The molecule has 5 heteroatoms. The molecular weight excluding hydrogens is 769 g/mol. The number of allylic oxidation sites excluding steroid dienone is 2. The van der Waals surface area contributed by atoms with Crippen molar-refractivity contribution in [2.24, 2.45) is 4.99 Å². The lowest BCUT2D eigenvalue weighted by atomic mass is 9.89. The fraction of sp³-hybridized carbons (Fsp3) is 0.121. The van der Waals surface area contributed by atoms with Gasteiger partial charge in [0.25, 0.3) is 0 Å². The van der Waals surface area contributed by atoms with Crippen LogP contribution in [0.3, 0.4) is 0 Å². The smallest absolute Gasteiger partial charge is 0.211 e. The molecule has 10 aromatic rings. The molecule has 0 spiro atoms. The van der Waals surface area contributed by atoms with E-state index in [4.69, 9.17) is 9.41 Å². The fourth-order valence-corrected chi connectivity index (χ4v) is 10.9. The maximum Gasteiger partial charge on any atom is 0.211 e. The first kappa shape index (κ1) is 36.1. The summed E-state index contributed by atoms with van der Waals surface area (Å²) in [5.74, 6) is 1.23. The zero-order valence-electron chi connectivity index (χ0n) is 35.3. The molecule has 2 atom stereocenters. The molecule has 0 radical (unpaired) electrons. The Hall–Kier alpha value is -7.63. The van der Waals surface area contributed by atoms with Crippen LogP contribution in [0.2, 0.25) is 0 Å². The average molecular weight is 813 g/mol. The number of aliphatic imine (C=N–C) groups is 1. The molecule has 1 aliphatic heterocycles. The molecule has 3 aromatic heterocycles. The van der Waals surface area contributed by atoms with Gasteiger partial charge in [-0.05, 0) is 89.9 Å². The zero-order valence-corrected chi connectivity index (χ0v) is 35.3. The van der Waals surface area contributed by atoms with Gasteiger partial charge in [-0.1, -0.05) is 146 Å². The number of benzene rings is 7. The summed E-state index contributed by atoms with van der Waals surface area (Å²) >= 11 is 0. The second-order valence-corrected chi connectivity index (χ2v) is 17.5. The molecule has 0 saturated heterocycles. The summed E-state index contributed by atoms with van der Waals surface area (Å²) in [5.41, 5.74) is 17.2. The third kappa shape index (κ3) is 5.39. The Morgan fingerprint density at radius 3 is 2.16 bits per heavy atom. The zero-order chi connectivity index (χ0) is 41.8. The van der Waals surface area contributed by atoms with Crippen molar-refractivity contribution in [2.45, 2.75) is 38.1 Å². The molecule has 0 amide bonds. The highest BCUT2D eigenvalue weighted by Gasteiger charge is 2.36. The number of fused-ring (bicyclic) bond motifs is 11. The van der Waals surface area contributed by atoms with E-state index in [0.717, 1.165) is 75.2 Å². The quantitative estimate of drug-likeness (QED) is 0.178. The molecule has 3 aliphatic rings. The van der Waals surface area contributed by atoms with Crippen molar-refractivity contribution in [1.82, 2.24) is 14.0 Å². The molecule has 0 saturated carbocycles. The number of nitrogens with zero attached hydrogens (tertiary/aromatic N) is 4. The van der Waals surface area contributed by atoms with E-state index < -0.39 is 0 Å². The first-order valence-electron chi connectivity index (χ1n) is 22.3. The van der Waals surface area contributed by atoms with Gasteiger partial charge < -0.3 is 13.9 Å². The third-order valence-corrected chi connectivity index (χ3v) is 13.9. The molecule has 7 aromatic carbocycles. The summed E-state index contributed by atoms with van der Waals surface area (Å²) in [6.07, 6.45) is 12.3. The lowest BCUT2D eigenvalue weighted by Crippen LogP contribution is -2.45.